The number of carboxylic acid groups (broad SMARTS) is 1. The highest BCUT2D eigenvalue weighted by Gasteiger charge is 2.21. The first-order valence-corrected chi connectivity index (χ1v) is 6.42. The minimum absolute atomic E-state index is 0.00568. The third-order valence-corrected chi connectivity index (χ3v) is 3.53. The fourth-order valence-corrected chi connectivity index (χ4v) is 2.50. The number of carboxylic acids is 1. The van der Waals surface area contributed by atoms with Gasteiger partial charge in [-0.15, -0.1) is 0 Å². The van der Waals surface area contributed by atoms with Crippen molar-refractivity contribution in [3.8, 4) is 0 Å². The Labute approximate surface area is 123 Å². The third kappa shape index (κ3) is 2.07. The molecule has 2 aromatic heterocycles. The van der Waals surface area contributed by atoms with E-state index >= 15 is 0 Å². The van der Waals surface area contributed by atoms with Gasteiger partial charge in [-0.1, -0.05) is 12.1 Å². The minimum Gasteiger partial charge on any atom is -0.478 e. The average molecular weight is 302 g/mol. The second-order valence-electron chi connectivity index (χ2n) is 4.80. The summed E-state index contributed by atoms with van der Waals surface area (Å²) < 4.78 is 20.1. The van der Waals surface area contributed by atoms with E-state index in [4.69, 9.17) is 4.42 Å². The van der Waals surface area contributed by atoms with E-state index in [-0.39, 0.29) is 28.6 Å². The standard InChI is InChI=1S/C15H11FN2O4/c1-8-12(15(20)21)10-3-2-4-11(16)13(10)14(19)18(8)5-9-6-22-7-17-9/h2-4,6-7H,5H2,1H3,(H,20,21). The number of carbonyl (C=O) groups is 1. The van der Waals surface area contributed by atoms with E-state index in [9.17, 15) is 19.1 Å². The third-order valence-electron chi connectivity index (χ3n) is 3.53. The fourth-order valence-electron chi connectivity index (χ4n) is 2.50. The van der Waals surface area contributed by atoms with Gasteiger partial charge in [0.15, 0.2) is 6.39 Å². The normalized spacial score (nSPS) is 11.0. The van der Waals surface area contributed by atoms with Gasteiger partial charge >= 0.3 is 5.97 Å². The molecule has 0 bridgehead atoms. The van der Waals surface area contributed by atoms with Gasteiger partial charge in [0.05, 0.1) is 23.2 Å². The molecule has 0 aliphatic heterocycles. The summed E-state index contributed by atoms with van der Waals surface area (Å²) in [5, 5.41) is 9.27. The van der Waals surface area contributed by atoms with Crippen molar-refractivity contribution >= 4 is 16.7 Å². The molecule has 0 unspecified atom stereocenters. The number of pyridine rings is 1. The summed E-state index contributed by atoms with van der Waals surface area (Å²) >= 11 is 0. The summed E-state index contributed by atoms with van der Waals surface area (Å²) in [6.45, 7) is 1.51. The molecule has 0 aliphatic rings. The second kappa shape index (κ2) is 5.10. The topological polar surface area (TPSA) is 85.3 Å². The van der Waals surface area contributed by atoms with Crippen LogP contribution in [0.4, 0.5) is 4.39 Å². The van der Waals surface area contributed by atoms with Gasteiger partial charge in [0.2, 0.25) is 0 Å². The zero-order valence-corrected chi connectivity index (χ0v) is 11.5. The molecule has 3 aromatic rings. The number of nitrogens with zero attached hydrogens (tertiary/aromatic N) is 2. The molecule has 6 nitrogen and oxygen atoms in total. The number of aromatic carboxylic acids is 1. The monoisotopic (exact) mass is 302 g/mol. The van der Waals surface area contributed by atoms with Crippen molar-refractivity contribution in [3.05, 3.63) is 64.0 Å². The van der Waals surface area contributed by atoms with Crippen LogP contribution in [0.1, 0.15) is 21.7 Å². The Balaban J connectivity index is 2.40. The molecular weight excluding hydrogens is 291 g/mol. The summed E-state index contributed by atoms with van der Waals surface area (Å²) in [5.41, 5.74) is -0.0213. The summed E-state index contributed by atoms with van der Waals surface area (Å²) in [4.78, 5) is 28.0. The van der Waals surface area contributed by atoms with E-state index < -0.39 is 17.3 Å². The molecule has 0 saturated heterocycles. The first-order valence-electron chi connectivity index (χ1n) is 6.42. The van der Waals surface area contributed by atoms with Gasteiger partial charge in [0, 0.05) is 11.1 Å². The SMILES string of the molecule is Cc1c(C(=O)O)c2cccc(F)c2c(=O)n1Cc1cocn1. The first-order chi connectivity index (χ1) is 10.5. The van der Waals surface area contributed by atoms with Crippen molar-refractivity contribution in [1.29, 1.82) is 0 Å². The van der Waals surface area contributed by atoms with Crippen LogP contribution in [-0.2, 0) is 6.54 Å². The van der Waals surface area contributed by atoms with E-state index in [0.29, 0.717) is 5.69 Å². The molecule has 1 aromatic carbocycles. The molecule has 0 aliphatic carbocycles. The van der Waals surface area contributed by atoms with Crippen molar-refractivity contribution in [3.63, 3.8) is 0 Å². The van der Waals surface area contributed by atoms with Crippen molar-refractivity contribution in [1.82, 2.24) is 9.55 Å². The van der Waals surface area contributed by atoms with Gasteiger partial charge in [-0.05, 0) is 13.0 Å². The van der Waals surface area contributed by atoms with Crippen LogP contribution in [0.25, 0.3) is 10.8 Å². The lowest BCUT2D eigenvalue weighted by Crippen LogP contribution is -2.27. The molecule has 0 fully saturated rings. The maximum absolute atomic E-state index is 14.0. The van der Waals surface area contributed by atoms with Crippen molar-refractivity contribution in [2.75, 3.05) is 0 Å². The van der Waals surface area contributed by atoms with E-state index in [0.717, 1.165) is 6.07 Å². The van der Waals surface area contributed by atoms with Crippen molar-refractivity contribution in [2.24, 2.45) is 0 Å². The number of aromatic nitrogens is 2. The zero-order chi connectivity index (χ0) is 15.9. The molecule has 0 saturated carbocycles. The van der Waals surface area contributed by atoms with Crippen LogP contribution in [0.5, 0.6) is 0 Å². The smallest absolute Gasteiger partial charge is 0.338 e. The quantitative estimate of drug-likeness (QED) is 0.801. The Morgan fingerprint density at radius 2 is 2.23 bits per heavy atom. The van der Waals surface area contributed by atoms with Crippen LogP contribution in [0.15, 0.2) is 40.1 Å². The van der Waals surface area contributed by atoms with E-state index in [2.05, 4.69) is 4.98 Å². The maximum atomic E-state index is 14.0. The lowest BCUT2D eigenvalue weighted by atomic mass is 10.0. The van der Waals surface area contributed by atoms with Crippen LogP contribution in [0.3, 0.4) is 0 Å². The number of benzene rings is 1. The van der Waals surface area contributed by atoms with Crippen LogP contribution in [0.2, 0.25) is 0 Å². The van der Waals surface area contributed by atoms with Gasteiger partial charge in [-0.25, -0.2) is 14.2 Å². The Morgan fingerprint density at radius 3 is 2.86 bits per heavy atom. The number of rotatable bonds is 3. The Bertz CT molecular complexity index is 929. The van der Waals surface area contributed by atoms with Gasteiger partial charge in [0.25, 0.3) is 5.56 Å². The minimum atomic E-state index is -1.22. The summed E-state index contributed by atoms with van der Waals surface area (Å²) in [7, 11) is 0. The number of hydrogen-bond donors (Lipinski definition) is 1. The van der Waals surface area contributed by atoms with Crippen molar-refractivity contribution in [2.45, 2.75) is 13.5 Å². The molecule has 112 valence electrons. The maximum Gasteiger partial charge on any atom is 0.338 e. The van der Waals surface area contributed by atoms with Crippen LogP contribution in [-0.4, -0.2) is 20.6 Å². The summed E-state index contributed by atoms with van der Waals surface area (Å²) in [6, 6.07) is 3.94. The predicted molar refractivity (Wildman–Crippen MR) is 75.5 cm³/mol. The highest BCUT2D eigenvalue weighted by atomic mass is 19.1. The van der Waals surface area contributed by atoms with E-state index in [1.807, 2.05) is 0 Å². The summed E-state index contributed by atoms with van der Waals surface area (Å²) in [6.07, 6.45) is 2.55. The van der Waals surface area contributed by atoms with Crippen molar-refractivity contribution < 1.29 is 18.7 Å². The largest absolute Gasteiger partial charge is 0.478 e. The average Bonchev–Trinajstić information content (AvgIpc) is 2.96. The molecule has 0 atom stereocenters. The van der Waals surface area contributed by atoms with Gasteiger partial charge < -0.3 is 14.1 Å². The molecule has 3 rings (SSSR count). The highest BCUT2D eigenvalue weighted by Crippen LogP contribution is 2.22. The molecular formula is C15H11FN2O4. The molecule has 22 heavy (non-hydrogen) atoms. The Morgan fingerprint density at radius 1 is 1.45 bits per heavy atom. The molecule has 7 heteroatoms. The van der Waals surface area contributed by atoms with Crippen LogP contribution >= 0.6 is 0 Å². The summed E-state index contributed by atoms with van der Waals surface area (Å²) in [5.74, 6) is -1.97. The van der Waals surface area contributed by atoms with Crippen LogP contribution in [0, 0.1) is 12.7 Å². The second-order valence-corrected chi connectivity index (χ2v) is 4.80. The van der Waals surface area contributed by atoms with Gasteiger partial charge in [-0.2, -0.15) is 0 Å². The number of halogens is 1. The van der Waals surface area contributed by atoms with E-state index in [1.54, 1.807) is 0 Å². The molecule has 0 amide bonds. The van der Waals surface area contributed by atoms with E-state index in [1.165, 1.54) is 36.3 Å². The van der Waals surface area contributed by atoms with Gasteiger partial charge in [-0.3, -0.25) is 4.79 Å². The molecule has 1 N–H and O–H groups in total. The zero-order valence-electron chi connectivity index (χ0n) is 11.5. The lowest BCUT2D eigenvalue weighted by Gasteiger charge is -2.14. The highest BCUT2D eigenvalue weighted by molar-refractivity contribution is 6.04. The predicted octanol–water partition coefficient (Wildman–Crippen LogP) is 2.18. The Hall–Kier alpha value is -2.96. The van der Waals surface area contributed by atoms with Crippen LogP contribution < -0.4 is 5.56 Å². The van der Waals surface area contributed by atoms with Gasteiger partial charge in [0.1, 0.15) is 12.1 Å². The first kappa shape index (κ1) is 14.0. The number of fused-ring (bicyclic) bond motifs is 1. The molecule has 2 heterocycles. The fraction of sp³-hybridized carbons (Fsp3) is 0.133. The number of oxazole rings is 1. The number of hydrogen-bond acceptors (Lipinski definition) is 4. The molecule has 0 spiro atoms. The Kier molecular flexibility index (Phi) is 3.25. The molecule has 0 radical (unpaired) electrons. The lowest BCUT2D eigenvalue weighted by molar-refractivity contribution is 0.0697.